The summed E-state index contributed by atoms with van der Waals surface area (Å²) in [6.45, 7) is 32.4. The molecule has 0 rings (SSSR count). The highest BCUT2D eigenvalue weighted by Gasteiger charge is 2.28. The molecule has 0 saturated carbocycles. The van der Waals surface area contributed by atoms with E-state index in [-0.39, 0.29) is 0 Å². The minimum Gasteiger partial charge on any atom is -0.0683 e. The highest BCUT2D eigenvalue weighted by atomic mass is 14.3. The zero-order chi connectivity index (χ0) is 20.7. The fraction of sp³-hybridized carbons (Fsp3) is 1.00. The molecule has 0 bridgehead atoms. The van der Waals surface area contributed by atoms with Crippen molar-refractivity contribution in [3.63, 3.8) is 0 Å². The molecule has 0 aliphatic rings. The second-order valence-electron chi connectivity index (χ2n) is 8.40. The highest BCUT2D eigenvalue weighted by molar-refractivity contribution is 4.78. The van der Waals surface area contributed by atoms with Crippen molar-refractivity contribution in [3.8, 4) is 0 Å². The van der Waals surface area contributed by atoms with Crippen molar-refractivity contribution in [3.05, 3.63) is 0 Å². The molecule has 0 aromatic rings. The van der Waals surface area contributed by atoms with E-state index in [1.165, 1.54) is 19.3 Å². The summed E-state index contributed by atoms with van der Waals surface area (Å²) in [5.41, 5.74) is 0. The Morgan fingerprint density at radius 2 is 0.680 bits per heavy atom. The van der Waals surface area contributed by atoms with Crippen molar-refractivity contribution in [1.29, 1.82) is 0 Å². The van der Waals surface area contributed by atoms with Crippen LogP contribution in [0.4, 0.5) is 0 Å². The van der Waals surface area contributed by atoms with Crippen LogP contribution in [0.5, 0.6) is 0 Å². The van der Waals surface area contributed by atoms with E-state index < -0.39 is 0 Å². The van der Waals surface area contributed by atoms with Gasteiger partial charge in [0.1, 0.15) is 0 Å². The van der Waals surface area contributed by atoms with Crippen LogP contribution in [0.25, 0.3) is 0 Å². The van der Waals surface area contributed by atoms with Gasteiger partial charge < -0.3 is 0 Å². The predicted octanol–water partition coefficient (Wildman–Crippen LogP) is 9.34. The van der Waals surface area contributed by atoms with Crippen LogP contribution in [0.3, 0.4) is 0 Å². The molecular weight excluding hydrogens is 300 g/mol. The van der Waals surface area contributed by atoms with Gasteiger partial charge in [0.05, 0.1) is 0 Å². The molecule has 0 spiro atoms. The van der Waals surface area contributed by atoms with Crippen LogP contribution in [0.15, 0.2) is 0 Å². The van der Waals surface area contributed by atoms with Crippen molar-refractivity contribution in [2.24, 2.45) is 47.3 Å². The topological polar surface area (TPSA) is 0 Å². The third-order valence-corrected chi connectivity index (χ3v) is 7.28. The van der Waals surface area contributed by atoms with Gasteiger partial charge in [0, 0.05) is 0 Å². The lowest BCUT2D eigenvalue weighted by molar-refractivity contribution is 0.137. The van der Waals surface area contributed by atoms with Gasteiger partial charge in [0.15, 0.2) is 0 Å². The van der Waals surface area contributed by atoms with Gasteiger partial charge in [0.2, 0.25) is 0 Å². The highest BCUT2D eigenvalue weighted by Crippen LogP contribution is 2.36. The molecule has 0 N–H and O–H groups in total. The molecule has 0 saturated heterocycles. The average molecular weight is 357 g/mol. The van der Waals surface area contributed by atoms with Crippen molar-refractivity contribution in [2.45, 2.75) is 116 Å². The minimum absolute atomic E-state index is 0.834. The van der Waals surface area contributed by atoms with Gasteiger partial charge in [-0.15, -0.1) is 0 Å². The summed E-state index contributed by atoms with van der Waals surface area (Å²) in [7, 11) is 0. The van der Waals surface area contributed by atoms with Crippen LogP contribution in [-0.2, 0) is 0 Å². The Kier molecular flexibility index (Phi) is 20.7. The molecule has 0 amide bonds. The molecule has 0 nitrogen and oxygen atoms in total. The van der Waals surface area contributed by atoms with E-state index >= 15 is 0 Å². The van der Waals surface area contributed by atoms with Gasteiger partial charge in [-0.05, 0) is 53.8 Å². The van der Waals surface area contributed by atoms with Crippen molar-refractivity contribution in [2.75, 3.05) is 0 Å². The van der Waals surface area contributed by atoms with Gasteiger partial charge in [-0.25, -0.2) is 0 Å². The van der Waals surface area contributed by atoms with E-state index in [1.54, 1.807) is 0 Å². The molecule has 25 heavy (non-hydrogen) atoms. The lowest BCUT2D eigenvalue weighted by atomic mass is 9.70. The van der Waals surface area contributed by atoms with Crippen LogP contribution in [0, 0.1) is 47.3 Å². The Morgan fingerprint density at radius 3 is 1.04 bits per heavy atom. The second kappa shape index (κ2) is 17.4. The van der Waals surface area contributed by atoms with E-state index in [0.29, 0.717) is 0 Å². The van der Waals surface area contributed by atoms with E-state index in [1.807, 2.05) is 27.7 Å². The van der Waals surface area contributed by atoms with E-state index in [0.717, 1.165) is 47.3 Å². The zero-order valence-corrected chi connectivity index (χ0v) is 20.7. The quantitative estimate of drug-likeness (QED) is 0.365. The fourth-order valence-electron chi connectivity index (χ4n) is 3.84. The van der Waals surface area contributed by atoms with Gasteiger partial charge in [-0.2, -0.15) is 0 Å². The Balaban J connectivity index is -0.00000112. The molecule has 0 radical (unpaired) electrons. The Bertz CT molecular complexity index is 257. The number of hydrogen-bond acceptors (Lipinski definition) is 0. The first-order chi connectivity index (χ1) is 11.7. The second-order valence-corrected chi connectivity index (χ2v) is 8.40. The van der Waals surface area contributed by atoms with Crippen LogP contribution < -0.4 is 0 Å². The Morgan fingerprint density at radius 1 is 0.400 bits per heavy atom. The minimum atomic E-state index is 0.834. The van der Waals surface area contributed by atoms with Crippen molar-refractivity contribution < 1.29 is 0 Å². The van der Waals surface area contributed by atoms with Gasteiger partial charge in [-0.3, -0.25) is 0 Å². The summed E-state index contributed by atoms with van der Waals surface area (Å²) in [6, 6.07) is 0. The zero-order valence-electron chi connectivity index (χ0n) is 20.7. The monoisotopic (exact) mass is 356 g/mol. The summed E-state index contributed by atoms with van der Waals surface area (Å²) in [4.78, 5) is 0. The standard InChI is InChI=1S/C21H44.2C2H6/c1-11-14(3)18(7)16(5)13-17(6)20(9)21(10)19(8)15(4)12-2;2*1-2/h14-21H,11-13H2,1-10H3;2*1-2H3. The van der Waals surface area contributed by atoms with Crippen LogP contribution >= 0.6 is 0 Å². The molecular formula is C25H56. The smallest absolute Gasteiger partial charge is 0.0386 e. The van der Waals surface area contributed by atoms with E-state index in [9.17, 15) is 0 Å². The average Bonchev–Trinajstić information content (AvgIpc) is 2.66. The Labute approximate surface area is 164 Å². The SMILES string of the molecule is CC.CC.CCC(C)C(C)C(C)CC(C)C(C)C(C)C(C)C(C)CC. The van der Waals surface area contributed by atoms with Crippen molar-refractivity contribution in [1.82, 2.24) is 0 Å². The van der Waals surface area contributed by atoms with E-state index in [4.69, 9.17) is 0 Å². The summed E-state index contributed by atoms with van der Waals surface area (Å²) in [5.74, 6) is 6.77. The third-order valence-electron chi connectivity index (χ3n) is 7.28. The van der Waals surface area contributed by atoms with Crippen LogP contribution in [-0.4, -0.2) is 0 Å². The molecule has 0 aliphatic heterocycles. The first-order valence-corrected chi connectivity index (χ1v) is 11.7. The molecule has 156 valence electrons. The van der Waals surface area contributed by atoms with Gasteiger partial charge in [0.25, 0.3) is 0 Å². The summed E-state index contributed by atoms with van der Waals surface area (Å²) in [6.07, 6.45) is 4.02. The number of rotatable bonds is 10. The van der Waals surface area contributed by atoms with Gasteiger partial charge >= 0.3 is 0 Å². The maximum Gasteiger partial charge on any atom is -0.0386 e. The largest absolute Gasteiger partial charge is 0.0683 e. The van der Waals surface area contributed by atoms with Crippen molar-refractivity contribution >= 4 is 0 Å². The molecule has 8 unspecified atom stereocenters. The Hall–Kier alpha value is 0. The first-order valence-electron chi connectivity index (χ1n) is 11.7. The normalized spacial score (nSPS) is 20.4. The molecule has 0 heteroatoms. The third kappa shape index (κ3) is 11.3. The van der Waals surface area contributed by atoms with Crippen LogP contribution in [0.2, 0.25) is 0 Å². The first kappa shape index (κ1) is 29.8. The summed E-state index contributed by atoms with van der Waals surface area (Å²) < 4.78 is 0. The maximum atomic E-state index is 2.49. The lowest BCUT2D eigenvalue weighted by Crippen LogP contribution is -2.28. The molecule has 0 aromatic heterocycles. The van der Waals surface area contributed by atoms with Gasteiger partial charge in [-0.1, -0.05) is 110 Å². The molecule has 0 fully saturated rings. The maximum absolute atomic E-state index is 2.49. The van der Waals surface area contributed by atoms with Crippen LogP contribution in [0.1, 0.15) is 116 Å². The number of hydrogen-bond donors (Lipinski definition) is 0. The molecule has 0 aliphatic carbocycles. The molecule has 8 atom stereocenters. The summed E-state index contributed by atoms with van der Waals surface area (Å²) >= 11 is 0. The predicted molar refractivity (Wildman–Crippen MR) is 121 cm³/mol. The summed E-state index contributed by atoms with van der Waals surface area (Å²) in [5, 5.41) is 0. The molecule has 0 aromatic carbocycles. The van der Waals surface area contributed by atoms with E-state index in [2.05, 4.69) is 69.2 Å². The molecule has 0 heterocycles. The lowest BCUT2D eigenvalue weighted by Gasteiger charge is -2.36. The fourth-order valence-corrected chi connectivity index (χ4v) is 3.84.